The smallest absolute Gasteiger partial charge is 0.309 e. The first-order valence-electron chi connectivity index (χ1n) is 6.08. The molecule has 5 nitrogen and oxygen atoms in total. The third-order valence-electron chi connectivity index (χ3n) is 3.39. The second-order valence-corrected chi connectivity index (χ2v) is 4.75. The molecule has 1 atom stereocenters. The minimum absolute atomic E-state index is 0.0618. The zero-order valence-corrected chi connectivity index (χ0v) is 10.2. The maximum Gasteiger partial charge on any atom is 0.309 e. The van der Waals surface area contributed by atoms with Gasteiger partial charge in [-0.2, -0.15) is 0 Å². The number of carbonyl (C=O) groups is 1. The Morgan fingerprint density at radius 2 is 2.35 bits per heavy atom. The van der Waals surface area contributed by atoms with E-state index in [1.807, 2.05) is 4.57 Å². The van der Waals surface area contributed by atoms with Gasteiger partial charge in [-0.15, -0.1) is 0 Å². The van der Waals surface area contributed by atoms with E-state index in [-0.39, 0.29) is 6.42 Å². The fraction of sp³-hybridized carbons (Fsp3) is 0.667. The van der Waals surface area contributed by atoms with Gasteiger partial charge in [0.1, 0.15) is 0 Å². The Morgan fingerprint density at radius 1 is 1.53 bits per heavy atom. The highest BCUT2D eigenvalue weighted by molar-refractivity contribution is 5.69. The van der Waals surface area contributed by atoms with Crippen LogP contribution in [0, 0.1) is 0 Å². The number of aliphatic carboxylic acids is 1. The van der Waals surface area contributed by atoms with E-state index in [9.17, 15) is 4.79 Å². The van der Waals surface area contributed by atoms with Gasteiger partial charge in [0.25, 0.3) is 0 Å². The molecule has 1 aromatic rings. The van der Waals surface area contributed by atoms with Crippen molar-refractivity contribution in [3.63, 3.8) is 0 Å². The Kier molecular flexibility index (Phi) is 3.78. The maximum absolute atomic E-state index is 10.8. The lowest BCUT2D eigenvalue weighted by atomic mass is 10.1. The lowest BCUT2D eigenvalue weighted by Crippen LogP contribution is -2.19. The van der Waals surface area contributed by atoms with Crippen molar-refractivity contribution >= 4 is 5.97 Å². The van der Waals surface area contributed by atoms with Crippen LogP contribution < -0.4 is 0 Å². The van der Waals surface area contributed by atoms with Crippen molar-refractivity contribution in [2.24, 2.45) is 0 Å². The Morgan fingerprint density at radius 3 is 3.12 bits per heavy atom. The lowest BCUT2D eigenvalue weighted by molar-refractivity contribution is -0.136. The lowest BCUT2D eigenvalue weighted by Gasteiger charge is -2.18. The number of rotatable bonds is 3. The quantitative estimate of drug-likeness (QED) is 0.857. The molecule has 1 aliphatic heterocycles. The molecule has 0 bridgehead atoms. The Balaban J connectivity index is 2.10. The Bertz CT molecular complexity index is 389. The van der Waals surface area contributed by atoms with Gasteiger partial charge in [0, 0.05) is 17.9 Å². The molecule has 5 heteroatoms. The fourth-order valence-electron chi connectivity index (χ4n) is 2.45. The maximum atomic E-state index is 10.8. The normalized spacial score (nSPS) is 22.3. The van der Waals surface area contributed by atoms with Crippen LogP contribution in [0.4, 0.5) is 0 Å². The van der Waals surface area contributed by atoms with Crippen molar-refractivity contribution in [1.82, 2.24) is 14.5 Å². The standard InChI is InChI=1S/C12H19N3O2/c1-14-5-2-3-10(4-6-14)15-9-13-8-11(15)7-12(16)17/h8-10H,2-7H2,1H3,(H,16,17). The fourth-order valence-corrected chi connectivity index (χ4v) is 2.45. The molecule has 0 aromatic carbocycles. The van der Waals surface area contributed by atoms with Crippen LogP contribution in [0.25, 0.3) is 0 Å². The number of imidazole rings is 1. The minimum Gasteiger partial charge on any atom is -0.481 e. The number of aromatic nitrogens is 2. The highest BCUT2D eigenvalue weighted by Crippen LogP contribution is 2.23. The molecule has 2 rings (SSSR count). The van der Waals surface area contributed by atoms with Crippen molar-refractivity contribution in [3.8, 4) is 0 Å². The molecule has 1 aromatic heterocycles. The van der Waals surface area contributed by atoms with Crippen LogP contribution in [0.5, 0.6) is 0 Å². The van der Waals surface area contributed by atoms with Crippen LogP contribution in [0.15, 0.2) is 12.5 Å². The molecule has 0 aliphatic carbocycles. The molecule has 0 radical (unpaired) electrons. The highest BCUT2D eigenvalue weighted by Gasteiger charge is 2.19. The number of likely N-dealkylation sites (tertiary alicyclic amines) is 1. The third-order valence-corrected chi connectivity index (χ3v) is 3.39. The molecule has 1 unspecified atom stereocenters. The van der Waals surface area contributed by atoms with E-state index in [4.69, 9.17) is 5.11 Å². The summed E-state index contributed by atoms with van der Waals surface area (Å²) in [5, 5.41) is 8.86. The van der Waals surface area contributed by atoms with Crippen LogP contribution in [0.3, 0.4) is 0 Å². The summed E-state index contributed by atoms with van der Waals surface area (Å²) in [5.74, 6) is -0.794. The molecule has 1 fully saturated rings. The summed E-state index contributed by atoms with van der Waals surface area (Å²) in [6.45, 7) is 2.19. The molecule has 1 saturated heterocycles. The number of hydrogen-bond acceptors (Lipinski definition) is 3. The molecule has 1 aliphatic rings. The summed E-state index contributed by atoms with van der Waals surface area (Å²) in [7, 11) is 2.13. The van der Waals surface area contributed by atoms with Crippen LogP contribution in [0.1, 0.15) is 31.0 Å². The van der Waals surface area contributed by atoms with Crippen LogP contribution in [-0.4, -0.2) is 45.7 Å². The monoisotopic (exact) mass is 237 g/mol. The van der Waals surface area contributed by atoms with E-state index in [0.29, 0.717) is 6.04 Å². The molecule has 17 heavy (non-hydrogen) atoms. The predicted molar refractivity (Wildman–Crippen MR) is 64.0 cm³/mol. The molecule has 94 valence electrons. The molecule has 1 N–H and O–H groups in total. The van der Waals surface area contributed by atoms with E-state index in [1.165, 1.54) is 0 Å². The average Bonchev–Trinajstić information content (AvgIpc) is 2.59. The first-order chi connectivity index (χ1) is 8.16. The van der Waals surface area contributed by atoms with Gasteiger partial charge in [0.15, 0.2) is 0 Å². The first-order valence-corrected chi connectivity index (χ1v) is 6.08. The molecular weight excluding hydrogens is 218 g/mol. The van der Waals surface area contributed by atoms with E-state index >= 15 is 0 Å². The van der Waals surface area contributed by atoms with Crippen molar-refractivity contribution in [3.05, 3.63) is 18.2 Å². The third kappa shape index (κ3) is 3.06. The summed E-state index contributed by atoms with van der Waals surface area (Å²) in [6.07, 6.45) is 6.84. The SMILES string of the molecule is CN1CCCC(n2cncc2CC(=O)O)CC1. The summed E-state index contributed by atoms with van der Waals surface area (Å²) >= 11 is 0. The predicted octanol–water partition coefficient (Wildman–Crippen LogP) is 1.17. The second kappa shape index (κ2) is 5.31. The first kappa shape index (κ1) is 12.1. The number of carboxylic acid groups (broad SMARTS) is 1. The zero-order chi connectivity index (χ0) is 12.3. The summed E-state index contributed by atoms with van der Waals surface area (Å²) in [6, 6.07) is 0.400. The van der Waals surface area contributed by atoms with Crippen molar-refractivity contribution in [1.29, 1.82) is 0 Å². The Hall–Kier alpha value is -1.36. The van der Waals surface area contributed by atoms with Gasteiger partial charge in [0.2, 0.25) is 0 Å². The van der Waals surface area contributed by atoms with Crippen molar-refractivity contribution < 1.29 is 9.90 Å². The van der Waals surface area contributed by atoms with E-state index in [2.05, 4.69) is 16.9 Å². The topological polar surface area (TPSA) is 58.4 Å². The molecule has 2 heterocycles. The zero-order valence-electron chi connectivity index (χ0n) is 10.2. The highest BCUT2D eigenvalue weighted by atomic mass is 16.4. The van der Waals surface area contributed by atoms with Crippen LogP contribution in [-0.2, 0) is 11.2 Å². The van der Waals surface area contributed by atoms with Crippen molar-refractivity contribution in [2.75, 3.05) is 20.1 Å². The number of carboxylic acids is 1. The molecular formula is C12H19N3O2. The largest absolute Gasteiger partial charge is 0.481 e. The van der Waals surface area contributed by atoms with Gasteiger partial charge in [-0.05, 0) is 39.4 Å². The van der Waals surface area contributed by atoms with Gasteiger partial charge in [-0.3, -0.25) is 4.79 Å². The van der Waals surface area contributed by atoms with Gasteiger partial charge >= 0.3 is 5.97 Å². The molecule has 0 spiro atoms. The number of hydrogen-bond donors (Lipinski definition) is 1. The van der Waals surface area contributed by atoms with Gasteiger partial charge in [-0.25, -0.2) is 4.98 Å². The second-order valence-electron chi connectivity index (χ2n) is 4.75. The number of nitrogens with zero attached hydrogens (tertiary/aromatic N) is 3. The van der Waals surface area contributed by atoms with Crippen molar-refractivity contribution in [2.45, 2.75) is 31.7 Å². The van der Waals surface area contributed by atoms with Crippen LogP contribution >= 0.6 is 0 Å². The molecule has 0 saturated carbocycles. The average molecular weight is 237 g/mol. The Labute approximate surface area is 101 Å². The summed E-state index contributed by atoms with van der Waals surface area (Å²) in [4.78, 5) is 17.2. The van der Waals surface area contributed by atoms with E-state index in [0.717, 1.165) is 38.0 Å². The summed E-state index contributed by atoms with van der Waals surface area (Å²) < 4.78 is 2.05. The van der Waals surface area contributed by atoms with Gasteiger partial charge in [-0.1, -0.05) is 0 Å². The van der Waals surface area contributed by atoms with E-state index < -0.39 is 5.97 Å². The molecule has 0 amide bonds. The van der Waals surface area contributed by atoms with Crippen LogP contribution in [0.2, 0.25) is 0 Å². The minimum atomic E-state index is -0.794. The van der Waals surface area contributed by atoms with Gasteiger partial charge < -0.3 is 14.6 Å². The van der Waals surface area contributed by atoms with E-state index in [1.54, 1.807) is 12.5 Å². The summed E-state index contributed by atoms with van der Waals surface area (Å²) in [5.41, 5.74) is 0.812. The van der Waals surface area contributed by atoms with Gasteiger partial charge in [0.05, 0.1) is 12.7 Å².